The Morgan fingerprint density at radius 1 is 1.38 bits per heavy atom. The molecule has 0 atom stereocenters. The predicted octanol–water partition coefficient (Wildman–Crippen LogP) is 2.89. The molecular formula is C12H10FNOS. The number of Topliss-reactive ketones (excluding diaryl/α,β-unsaturated/α-hetero) is 1. The van der Waals surface area contributed by atoms with E-state index in [0.29, 0.717) is 12.0 Å². The largest absolute Gasteiger partial charge is 0.396 e. The summed E-state index contributed by atoms with van der Waals surface area (Å²) in [5.74, 6) is -0.645. The summed E-state index contributed by atoms with van der Waals surface area (Å²) in [6.45, 7) is 0. The molecule has 0 radical (unpaired) electrons. The van der Waals surface area contributed by atoms with Gasteiger partial charge in [-0.15, -0.1) is 0 Å². The van der Waals surface area contributed by atoms with Gasteiger partial charge in [0.2, 0.25) is 0 Å². The van der Waals surface area contributed by atoms with Crippen LogP contribution in [0.4, 0.5) is 10.1 Å². The highest BCUT2D eigenvalue weighted by Crippen LogP contribution is 2.15. The number of nitrogen functional groups attached to an aromatic ring is 1. The Labute approximate surface area is 96.5 Å². The van der Waals surface area contributed by atoms with Crippen molar-refractivity contribution in [3.63, 3.8) is 0 Å². The molecule has 2 aromatic rings. The minimum absolute atomic E-state index is 0.0621. The quantitative estimate of drug-likeness (QED) is 0.656. The minimum atomic E-state index is -0.545. The number of hydrogen-bond donors (Lipinski definition) is 1. The molecule has 0 unspecified atom stereocenters. The van der Waals surface area contributed by atoms with Crippen molar-refractivity contribution in [1.29, 1.82) is 0 Å². The summed E-state index contributed by atoms with van der Waals surface area (Å²) < 4.78 is 13.1. The smallest absolute Gasteiger partial charge is 0.167 e. The van der Waals surface area contributed by atoms with Gasteiger partial charge in [0.05, 0.1) is 5.69 Å². The number of rotatable bonds is 3. The number of thiophene rings is 1. The number of ketones is 1. The fraction of sp³-hybridized carbons (Fsp3) is 0.0833. The highest BCUT2D eigenvalue weighted by Gasteiger charge is 2.09. The maximum atomic E-state index is 13.1. The zero-order chi connectivity index (χ0) is 11.5. The van der Waals surface area contributed by atoms with Crippen LogP contribution >= 0.6 is 11.3 Å². The third kappa shape index (κ3) is 2.28. The van der Waals surface area contributed by atoms with Crippen LogP contribution in [0.3, 0.4) is 0 Å². The number of carbonyl (C=O) groups is 1. The number of anilines is 1. The molecule has 0 amide bonds. The van der Waals surface area contributed by atoms with E-state index in [-0.39, 0.29) is 11.5 Å². The fourth-order valence-electron chi connectivity index (χ4n) is 1.38. The van der Waals surface area contributed by atoms with Crippen LogP contribution in [-0.2, 0) is 6.42 Å². The van der Waals surface area contributed by atoms with Gasteiger partial charge in [-0.25, -0.2) is 4.39 Å². The molecule has 2 nitrogen and oxygen atoms in total. The first-order valence-corrected chi connectivity index (χ1v) is 5.70. The molecule has 1 heterocycles. The molecular weight excluding hydrogens is 225 g/mol. The lowest BCUT2D eigenvalue weighted by Crippen LogP contribution is -2.04. The van der Waals surface area contributed by atoms with E-state index in [1.807, 2.05) is 16.8 Å². The molecule has 0 fully saturated rings. The van der Waals surface area contributed by atoms with Crippen LogP contribution in [0.5, 0.6) is 0 Å². The van der Waals surface area contributed by atoms with E-state index in [2.05, 4.69) is 0 Å². The van der Waals surface area contributed by atoms with E-state index < -0.39 is 5.82 Å². The average Bonchev–Trinajstić information content (AvgIpc) is 2.74. The zero-order valence-electron chi connectivity index (χ0n) is 8.44. The molecule has 0 saturated carbocycles. The molecule has 0 saturated heterocycles. The van der Waals surface area contributed by atoms with Crippen LogP contribution in [0.25, 0.3) is 0 Å². The number of halogens is 1. The summed E-state index contributed by atoms with van der Waals surface area (Å²) in [5, 5.41) is 3.82. The lowest BCUT2D eigenvalue weighted by atomic mass is 10.0. The van der Waals surface area contributed by atoms with Crippen LogP contribution in [-0.4, -0.2) is 5.78 Å². The zero-order valence-corrected chi connectivity index (χ0v) is 9.26. The standard InChI is InChI=1S/C12H10FNOS/c13-10-6-9(1-2-11(10)14)12(15)5-8-3-4-16-7-8/h1-4,6-7H,5,14H2. The SMILES string of the molecule is Nc1ccc(C(=O)Cc2ccsc2)cc1F. The molecule has 1 aromatic carbocycles. The van der Waals surface area contributed by atoms with Crippen molar-refractivity contribution < 1.29 is 9.18 Å². The number of hydrogen-bond acceptors (Lipinski definition) is 3. The second-order valence-electron chi connectivity index (χ2n) is 3.47. The van der Waals surface area contributed by atoms with Gasteiger partial charge in [0, 0.05) is 12.0 Å². The monoisotopic (exact) mass is 235 g/mol. The van der Waals surface area contributed by atoms with Crippen molar-refractivity contribution in [2.24, 2.45) is 0 Å². The van der Waals surface area contributed by atoms with Crippen LogP contribution in [0.2, 0.25) is 0 Å². The maximum Gasteiger partial charge on any atom is 0.167 e. The van der Waals surface area contributed by atoms with Gasteiger partial charge in [-0.3, -0.25) is 4.79 Å². The molecule has 0 aliphatic carbocycles. The van der Waals surface area contributed by atoms with Crippen molar-refractivity contribution in [2.45, 2.75) is 6.42 Å². The highest BCUT2D eigenvalue weighted by atomic mass is 32.1. The number of benzene rings is 1. The van der Waals surface area contributed by atoms with Gasteiger partial charge in [0.25, 0.3) is 0 Å². The third-order valence-electron chi connectivity index (χ3n) is 2.27. The van der Waals surface area contributed by atoms with Gasteiger partial charge in [0.1, 0.15) is 5.82 Å². The van der Waals surface area contributed by atoms with E-state index in [4.69, 9.17) is 5.73 Å². The van der Waals surface area contributed by atoms with Crippen molar-refractivity contribution >= 4 is 22.8 Å². The Morgan fingerprint density at radius 2 is 2.19 bits per heavy atom. The maximum absolute atomic E-state index is 13.1. The van der Waals surface area contributed by atoms with Gasteiger partial charge in [-0.2, -0.15) is 11.3 Å². The lowest BCUT2D eigenvalue weighted by Gasteiger charge is -2.01. The molecule has 1 aromatic heterocycles. The van der Waals surface area contributed by atoms with Gasteiger partial charge in [0.15, 0.2) is 5.78 Å². The summed E-state index contributed by atoms with van der Waals surface area (Å²) in [7, 11) is 0. The Kier molecular flexibility index (Phi) is 3.01. The molecule has 0 aliphatic rings. The summed E-state index contributed by atoms with van der Waals surface area (Å²) in [6, 6.07) is 6.03. The summed E-state index contributed by atoms with van der Waals surface area (Å²) in [5.41, 5.74) is 6.71. The number of nitrogens with two attached hydrogens (primary N) is 1. The molecule has 0 aliphatic heterocycles. The van der Waals surface area contributed by atoms with Gasteiger partial charge < -0.3 is 5.73 Å². The molecule has 4 heteroatoms. The van der Waals surface area contributed by atoms with Crippen molar-refractivity contribution in [1.82, 2.24) is 0 Å². The van der Waals surface area contributed by atoms with E-state index in [1.165, 1.54) is 23.5 Å². The van der Waals surface area contributed by atoms with Crippen molar-refractivity contribution in [2.75, 3.05) is 5.73 Å². The first kappa shape index (κ1) is 10.8. The minimum Gasteiger partial charge on any atom is -0.396 e. The van der Waals surface area contributed by atoms with Gasteiger partial charge in [-0.1, -0.05) is 0 Å². The van der Waals surface area contributed by atoms with Crippen LogP contribution in [0, 0.1) is 5.82 Å². The predicted molar refractivity (Wildman–Crippen MR) is 63.2 cm³/mol. The van der Waals surface area contributed by atoms with Crippen LogP contribution in [0.15, 0.2) is 35.0 Å². The van der Waals surface area contributed by atoms with Crippen molar-refractivity contribution in [3.05, 3.63) is 52.0 Å². The second-order valence-corrected chi connectivity index (χ2v) is 4.25. The highest BCUT2D eigenvalue weighted by molar-refractivity contribution is 7.08. The average molecular weight is 235 g/mol. The van der Waals surface area contributed by atoms with Crippen LogP contribution < -0.4 is 5.73 Å². The number of carbonyl (C=O) groups excluding carboxylic acids is 1. The summed E-state index contributed by atoms with van der Waals surface area (Å²) >= 11 is 1.54. The van der Waals surface area contributed by atoms with Crippen LogP contribution in [0.1, 0.15) is 15.9 Å². The molecule has 16 heavy (non-hydrogen) atoms. The van der Waals surface area contributed by atoms with Gasteiger partial charge in [-0.05, 0) is 40.6 Å². The Morgan fingerprint density at radius 3 is 2.81 bits per heavy atom. The van der Waals surface area contributed by atoms with E-state index >= 15 is 0 Å². The Bertz CT molecular complexity index is 508. The Hall–Kier alpha value is -1.68. The van der Waals surface area contributed by atoms with Gasteiger partial charge >= 0.3 is 0 Å². The summed E-state index contributed by atoms with van der Waals surface area (Å²) in [6.07, 6.45) is 0.298. The second kappa shape index (κ2) is 4.45. The van der Waals surface area contributed by atoms with E-state index in [9.17, 15) is 9.18 Å². The summed E-state index contributed by atoms with van der Waals surface area (Å²) in [4.78, 5) is 11.8. The molecule has 0 spiro atoms. The Balaban J connectivity index is 2.18. The fourth-order valence-corrected chi connectivity index (χ4v) is 2.05. The third-order valence-corrected chi connectivity index (χ3v) is 3.00. The first-order chi connectivity index (χ1) is 7.66. The molecule has 2 rings (SSSR count). The lowest BCUT2D eigenvalue weighted by molar-refractivity contribution is 0.0992. The molecule has 82 valence electrons. The van der Waals surface area contributed by atoms with E-state index in [1.54, 1.807) is 6.07 Å². The normalized spacial score (nSPS) is 10.3. The first-order valence-electron chi connectivity index (χ1n) is 4.76. The van der Waals surface area contributed by atoms with E-state index in [0.717, 1.165) is 5.56 Å². The molecule has 0 bridgehead atoms. The van der Waals surface area contributed by atoms with Crippen molar-refractivity contribution in [3.8, 4) is 0 Å². The molecule has 2 N–H and O–H groups in total. The topological polar surface area (TPSA) is 43.1 Å².